The normalized spacial score (nSPS) is 24.0. The van der Waals surface area contributed by atoms with Crippen molar-refractivity contribution in [1.29, 1.82) is 0 Å². The highest BCUT2D eigenvalue weighted by atomic mass is 16.2. The number of nitrogens with zero attached hydrogens (tertiary/aromatic N) is 1. The predicted molar refractivity (Wildman–Crippen MR) is 89.7 cm³/mol. The first-order valence-corrected chi connectivity index (χ1v) is 8.83. The van der Waals surface area contributed by atoms with Gasteiger partial charge in [0, 0.05) is 12.5 Å². The Labute approximate surface area is 134 Å². The molecule has 2 aliphatic rings. The second kappa shape index (κ2) is 7.28. The number of hydrogen-bond donors (Lipinski definition) is 1. The minimum absolute atomic E-state index is 0.228. The maximum Gasteiger partial charge on any atom is 0.226 e. The van der Waals surface area contributed by atoms with Crippen LogP contribution < -0.4 is 5.32 Å². The molecule has 1 aromatic carbocycles. The third-order valence-electron chi connectivity index (χ3n) is 5.15. The van der Waals surface area contributed by atoms with Crippen molar-refractivity contribution in [3.05, 3.63) is 35.4 Å². The molecular formula is C19H28N2O. The van der Waals surface area contributed by atoms with Crippen LogP contribution in [0.1, 0.15) is 55.7 Å². The van der Waals surface area contributed by atoms with E-state index < -0.39 is 0 Å². The van der Waals surface area contributed by atoms with Gasteiger partial charge in [0.05, 0.1) is 6.04 Å². The maximum absolute atomic E-state index is 13.1. The second-order valence-corrected chi connectivity index (χ2v) is 6.84. The van der Waals surface area contributed by atoms with Crippen molar-refractivity contribution >= 4 is 5.91 Å². The lowest BCUT2D eigenvalue weighted by Crippen LogP contribution is -2.42. The number of benzene rings is 1. The summed E-state index contributed by atoms with van der Waals surface area (Å²) in [6.07, 6.45) is 6.73. The minimum Gasteiger partial charge on any atom is -0.335 e. The van der Waals surface area contributed by atoms with E-state index in [4.69, 9.17) is 0 Å². The minimum atomic E-state index is 0.228. The van der Waals surface area contributed by atoms with Crippen LogP contribution in [0.5, 0.6) is 0 Å². The number of amides is 1. The van der Waals surface area contributed by atoms with Gasteiger partial charge in [-0.2, -0.15) is 0 Å². The van der Waals surface area contributed by atoms with Crippen molar-refractivity contribution in [2.45, 2.75) is 51.5 Å². The Balaban J connectivity index is 1.82. The zero-order chi connectivity index (χ0) is 15.4. The molecular weight excluding hydrogens is 272 g/mol. The van der Waals surface area contributed by atoms with Crippen LogP contribution in [0.4, 0.5) is 0 Å². The highest BCUT2D eigenvalue weighted by Gasteiger charge is 2.32. The van der Waals surface area contributed by atoms with Gasteiger partial charge in [0.15, 0.2) is 0 Å². The van der Waals surface area contributed by atoms with E-state index in [1.165, 1.54) is 24.0 Å². The molecule has 2 fully saturated rings. The second-order valence-electron chi connectivity index (χ2n) is 6.84. The molecule has 2 aliphatic heterocycles. The number of carbonyl (C=O) groups is 1. The lowest BCUT2D eigenvalue weighted by molar-refractivity contribution is -0.138. The zero-order valence-corrected chi connectivity index (χ0v) is 13.7. The molecule has 3 rings (SSSR count). The monoisotopic (exact) mass is 300 g/mol. The fraction of sp³-hybridized carbons (Fsp3) is 0.632. The largest absolute Gasteiger partial charge is 0.335 e. The summed E-state index contributed by atoms with van der Waals surface area (Å²) in [4.78, 5) is 15.3. The summed E-state index contributed by atoms with van der Waals surface area (Å²) in [5, 5.41) is 3.36. The van der Waals surface area contributed by atoms with Crippen molar-refractivity contribution in [1.82, 2.24) is 10.2 Å². The lowest BCUT2D eigenvalue weighted by Gasteiger charge is -2.35. The molecule has 0 bridgehead atoms. The molecule has 0 saturated carbocycles. The van der Waals surface area contributed by atoms with Crippen molar-refractivity contribution in [3.8, 4) is 0 Å². The molecule has 1 amide bonds. The highest BCUT2D eigenvalue weighted by Crippen LogP contribution is 2.32. The molecule has 0 aliphatic carbocycles. The number of carbonyl (C=O) groups excluding carboxylic acids is 1. The summed E-state index contributed by atoms with van der Waals surface area (Å²) in [6, 6.07) is 9.01. The first-order valence-electron chi connectivity index (χ1n) is 8.83. The summed E-state index contributed by atoms with van der Waals surface area (Å²) >= 11 is 0. The van der Waals surface area contributed by atoms with Crippen LogP contribution in [0.2, 0.25) is 0 Å². The fourth-order valence-electron chi connectivity index (χ4n) is 3.90. The first kappa shape index (κ1) is 15.5. The van der Waals surface area contributed by atoms with E-state index in [2.05, 4.69) is 41.4 Å². The van der Waals surface area contributed by atoms with Crippen LogP contribution in [0.15, 0.2) is 24.3 Å². The number of piperidine rings is 1. The van der Waals surface area contributed by atoms with Gasteiger partial charge in [-0.1, -0.05) is 42.7 Å². The van der Waals surface area contributed by atoms with Crippen LogP contribution in [-0.2, 0) is 4.79 Å². The van der Waals surface area contributed by atoms with Gasteiger partial charge in [0.25, 0.3) is 0 Å². The smallest absolute Gasteiger partial charge is 0.226 e. The number of likely N-dealkylation sites (tertiary alicyclic amines) is 1. The summed E-state index contributed by atoms with van der Waals surface area (Å²) in [5.41, 5.74) is 2.61. The molecule has 3 nitrogen and oxygen atoms in total. The van der Waals surface area contributed by atoms with E-state index in [-0.39, 0.29) is 12.0 Å². The van der Waals surface area contributed by atoms with Gasteiger partial charge in [-0.15, -0.1) is 0 Å². The van der Waals surface area contributed by atoms with E-state index in [1.807, 2.05) is 0 Å². The Hall–Kier alpha value is -1.35. The molecule has 2 heterocycles. The van der Waals surface area contributed by atoms with Gasteiger partial charge < -0.3 is 10.2 Å². The highest BCUT2D eigenvalue weighted by molar-refractivity contribution is 5.79. The van der Waals surface area contributed by atoms with Crippen LogP contribution in [0.25, 0.3) is 0 Å². The number of nitrogens with one attached hydrogen (secondary N) is 1. The Morgan fingerprint density at radius 1 is 1.14 bits per heavy atom. The van der Waals surface area contributed by atoms with E-state index in [9.17, 15) is 4.79 Å². The third kappa shape index (κ3) is 3.52. The summed E-state index contributed by atoms with van der Waals surface area (Å²) in [7, 11) is 0. The molecule has 22 heavy (non-hydrogen) atoms. The van der Waals surface area contributed by atoms with Crippen molar-refractivity contribution in [2.24, 2.45) is 5.92 Å². The topological polar surface area (TPSA) is 32.3 Å². The van der Waals surface area contributed by atoms with E-state index in [1.54, 1.807) is 0 Å². The molecule has 0 radical (unpaired) electrons. The maximum atomic E-state index is 13.1. The molecule has 120 valence electrons. The molecule has 1 unspecified atom stereocenters. The van der Waals surface area contributed by atoms with Gasteiger partial charge in [-0.3, -0.25) is 4.79 Å². The van der Waals surface area contributed by atoms with Gasteiger partial charge in [0.1, 0.15) is 0 Å². The molecule has 1 atom stereocenters. The number of hydrogen-bond acceptors (Lipinski definition) is 2. The van der Waals surface area contributed by atoms with Crippen LogP contribution >= 0.6 is 0 Å². The van der Waals surface area contributed by atoms with E-state index >= 15 is 0 Å². The van der Waals surface area contributed by atoms with Gasteiger partial charge >= 0.3 is 0 Å². The van der Waals surface area contributed by atoms with Gasteiger partial charge in [0.2, 0.25) is 5.91 Å². The van der Waals surface area contributed by atoms with Gasteiger partial charge in [-0.25, -0.2) is 0 Å². The van der Waals surface area contributed by atoms with Crippen molar-refractivity contribution < 1.29 is 4.79 Å². The van der Waals surface area contributed by atoms with Crippen LogP contribution in [-0.4, -0.2) is 30.4 Å². The van der Waals surface area contributed by atoms with Gasteiger partial charge in [-0.05, 0) is 51.3 Å². The number of rotatable bonds is 2. The molecule has 3 heteroatoms. The summed E-state index contributed by atoms with van der Waals surface area (Å²) in [5.74, 6) is 0.626. The average Bonchev–Trinajstić information content (AvgIpc) is 2.81. The standard InChI is InChI=1S/C19H28N2O/c1-15-6-5-7-17(14-15)18-8-3-2-4-13-21(18)19(22)16-9-11-20-12-10-16/h5-7,14,16,18,20H,2-4,8-13H2,1H3. The molecule has 1 N–H and O–H groups in total. The van der Waals surface area contributed by atoms with E-state index in [0.29, 0.717) is 5.91 Å². The third-order valence-corrected chi connectivity index (χ3v) is 5.15. The first-order chi connectivity index (χ1) is 10.8. The summed E-state index contributed by atoms with van der Waals surface area (Å²) < 4.78 is 0. The molecule has 2 saturated heterocycles. The van der Waals surface area contributed by atoms with Crippen molar-refractivity contribution in [3.63, 3.8) is 0 Å². The van der Waals surface area contributed by atoms with Crippen LogP contribution in [0.3, 0.4) is 0 Å². The molecule has 0 aromatic heterocycles. The van der Waals surface area contributed by atoms with E-state index in [0.717, 1.165) is 45.3 Å². The Kier molecular flexibility index (Phi) is 5.14. The SMILES string of the molecule is Cc1cccc(C2CCCCCN2C(=O)C2CCNCC2)c1. The molecule has 0 spiro atoms. The zero-order valence-electron chi connectivity index (χ0n) is 13.7. The predicted octanol–water partition coefficient (Wildman–Crippen LogP) is 3.44. The Morgan fingerprint density at radius 2 is 1.95 bits per heavy atom. The number of aryl methyl sites for hydroxylation is 1. The van der Waals surface area contributed by atoms with Crippen molar-refractivity contribution in [2.75, 3.05) is 19.6 Å². The quantitative estimate of drug-likeness (QED) is 0.907. The van der Waals surface area contributed by atoms with Crippen LogP contribution in [0, 0.1) is 12.8 Å². The Bertz CT molecular complexity index is 508. The average molecular weight is 300 g/mol. The lowest BCUT2D eigenvalue weighted by atomic mass is 9.93. The Morgan fingerprint density at radius 3 is 2.73 bits per heavy atom. The fourth-order valence-corrected chi connectivity index (χ4v) is 3.90. The summed E-state index contributed by atoms with van der Waals surface area (Å²) in [6.45, 7) is 5.04. The molecule has 1 aromatic rings.